The van der Waals surface area contributed by atoms with Gasteiger partial charge < -0.3 is 24.7 Å². The van der Waals surface area contributed by atoms with E-state index in [1.165, 1.54) is 7.11 Å². The summed E-state index contributed by atoms with van der Waals surface area (Å²) in [6.45, 7) is 3.51. The molecule has 6 heteroatoms. The van der Waals surface area contributed by atoms with Crippen LogP contribution in [0.15, 0.2) is 48.5 Å². The number of hydrogen-bond donors (Lipinski definition) is 2. The Balaban J connectivity index is 1.39. The molecule has 2 heterocycles. The van der Waals surface area contributed by atoms with Gasteiger partial charge in [-0.2, -0.15) is 0 Å². The first kappa shape index (κ1) is 21.3. The van der Waals surface area contributed by atoms with Gasteiger partial charge in [0.05, 0.1) is 13.0 Å². The number of methoxy groups -OCH3 is 1. The van der Waals surface area contributed by atoms with E-state index < -0.39 is 0 Å². The average Bonchev–Trinajstić information content (AvgIpc) is 2.80. The number of nitrogens with zero attached hydrogens (tertiary/aromatic N) is 2. The lowest BCUT2D eigenvalue weighted by atomic mass is 9.73. The van der Waals surface area contributed by atoms with E-state index >= 15 is 0 Å². The topological polar surface area (TPSA) is 73.2 Å². The third-order valence-electron chi connectivity index (χ3n) is 6.96. The van der Waals surface area contributed by atoms with E-state index in [1.54, 1.807) is 24.3 Å². The number of phenolic OH excluding ortho intramolecular Hbond substituents is 2. The molecule has 0 radical (unpaired) electrons. The van der Waals surface area contributed by atoms with E-state index in [-0.39, 0.29) is 23.4 Å². The van der Waals surface area contributed by atoms with Crippen molar-refractivity contribution >= 4 is 17.3 Å². The second-order valence-electron chi connectivity index (χ2n) is 8.74. The zero-order valence-electron chi connectivity index (χ0n) is 18.1. The predicted molar refractivity (Wildman–Crippen MR) is 122 cm³/mol. The Morgan fingerprint density at radius 2 is 1.26 bits per heavy atom. The van der Waals surface area contributed by atoms with Crippen LogP contribution in [0.5, 0.6) is 11.5 Å². The van der Waals surface area contributed by atoms with Crippen molar-refractivity contribution in [1.29, 1.82) is 0 Å². The van der Waals surface area contributed by atoms with Crippen LogP contribution in [0.1, 0.15) is 25.7 Å². The van der Waals surface area contributed by atoms with Gasteiger partial charge in [-0.25, -0.2) is 0 Å². The number of carbonyl (C=O) groups excluding carboxylic acids is 1. The van der Waals surface area contributed by atoms with Gasteiger partial charge in [-0.15, -0.1) is 0 Å². The normalized spacial score (nSPS) is 18.4. The summed E-state index contributed by atoms with van der Waals surface area (Å²) < 4.78 is 5.24. The van der Waals surface area contributed by atoms with Crippen LogP contribution in [-0.4, -0.2) is 49.5 Å². The SMILES string of the molecule is COC(=O)C(C1CCN(c2cccc(O)c2)CC1)C1CCN(c2cccc(O)c2)CC1. The third kappa shape index (κ3) is 4.89. The van der Waals surface area contributed by atoms with E-state index in [4.69, 9.17) is 4.74 Å². The van der Waals surface area contributed by atoms with Crippen molar-refractivity contribution < 1.29 is 19.7 Å². The molecule has 2 aliphatic heterocycles. The summed E-state index contributed by atoms with van der Waals surface area (Å²) in [4.78, 5) is 17.4. The van der Waals surface area contributed by atoms with Crippen LogP contribution in [0.4, 0.5) is 11.4 Å². The second kappa shape index (κ2) is 9.50. The largest absolute Gasteiger partial charge is 0.508 e. The summed E-state index contributed by atoms with van der Waals surface area (Å²) in [6.07, 6.45) is 3.79. The van der Waals surface area contributed by atoms with Gasteiger partial charge in [0.25, 0.3) is 0 Å². The molecule has 0 aromatic heterocycles. The molecule has 4 rings (SSSR count). The van der Waals surface area contributed by atoms with Gasteiger partial charge in [0.15, 0.2) is 0 Å². The number of rotatable bonds is 5. The lowest BCUT2D eigenvalue weighted by Gasteiger charge is -2.42. The fourth-order valence-electron chi connectivity index (χ4n) is 5.32. The maximum atomic E-state index is 12.8. The van der Waals surface area contributed by atoms with Gasteiger partial charge in [-0.05, 0) is 61.8 Å². The Bertz CT molecular complexity index is 821. The Morgan fingerprint density at radius 1 is 0.839 bits per heavy atom. The fraction of sp³-hybridized carbons (Fsp3) is 0.480. The first-order chi connectivity index (χ1) is 15.0. The van der Waals surface area contributed by atoms with Gasteiger partial charge in [0.1, 0.15) is 11.5 Å². The van der Waals surface area contributed by atoms with E-state index in [9.17, 15) is 15.0 Å². The molecule has 0 aliphatic carbocycles. The van der Waals surface area contributed by atoms with Crippen LogP contribution in [0.2, 0.25) is 0 Å². The molecule has 166 valence electrons. The average molecular weight is 425 g/mol. The van der Waals surface area contributed by atoms with Crippen LogP contribution in [0, 0.1) is 17.8 Å². The maximum Gasteiger partial charge on any atom is 0.309 e. The smallest absolute Gasteiger partial charge is 0.309 e. The quantitative estimate of drug-likeness (QED) is 0.707. The number of aromatic hydroxyl groups is 2. The first-order valence-corrected chi connectivity index (χ1v) is 11.2. The molecule has 31 heavy (non-hydrogen) atoms. The molecule has 0 amide bonds. The van der Waals surface area contributed by atoms with Crippen molar-refractivity contribution in [2.24, 2.45) is 17.8 Å². The number of anilines is 2. The highest BCUT2D eigenvalue weighted by atomic mass is 16.5. The van der Waals surface area contributed by atoms with Crippen molar-refractivity contribution in [3.05, 3.63) is 48.5 Å². The third-order valence-corrected chi connectivity index (χ3v) is 6.96. The molecule has 0 bridgehead atoms. The molecule has 2 aromatic rings. The van der Waals surface area contributed by atoms with Crippen LogP contribution in [0.3, 0.4) is 0 Å². The number of ether oxygens (including phenoxy) is 1. The summed E-state index contributed by atoms with van der Waals surface area (Å²) in [5, 5.41) is 19.5. The molecule has 2 aromatic carbocycles. The number of hydrogen-bond acceptors (Lipinski definition) is 6. The molecule has 2 N–H and O–H groups in total. The zero-order chi connectivity index (χ0) is 21.8. The van der Waals surface area contributed by atoms with Crippen molar-refractivity contribution in [3.63, 3.8) is 0 Å². The number of piperidine rings is 2. The second-order valence-corrected chi connectivity index (χ2v) is 8.74. The van der Waals surface area contributed by atoms with Gasteiger partial charge in [0, 0.05) is 49.7 Å². The lowest BCUT2D eigenvalue weighted by molar-refractivity contribution is -0.150. The number of benzene rings is 2. The van der Waals surface area contributed by atoms with Crippen molar-refractivity contribution in [2.45, 2.75) is 25.7 Å². The van der Waals surface area contributed by atoms with Gasteiger partial charge in [0.2, 0.25) is 0 Å². The molecule has 0 spiro atoms. The molecule has 0 atom stereocenters. The highest BCUT2D eigenvalue weighted by Gasteiger charge is 2.39. The summed E-state index contributed by atoms with van der Waals surface area (Å²) in [5.74, 6) is 1.06. The molecule has 2 fully saturated rings. The van der Waals surface area contributed by atoms with Crippen LogP contribution < -0.4 is 9.80 Å². The van der Waals surface area contributed by atoms with Crippen LogP contribution in [-0.2, 0) is 9.53 Å². The standard InChI is InChI=1S/C25H32N2O4/c1-31-25(30)24(18-8-12-26(13-9-18)20-4-2-6-22(28)16-20)19-10-14-27(15-11-19)21-5-3-7-23(29)17-21/h2-7,16-19,24,28-29H,8-15H2,1H3. The Kier molecular flexibility index (Phi) is 6.54. The van der Waals surface area contributed by atoms with Crippen molar-refractivity contribution in [3.8, 4) is 11.5 Å². The number of esters is 1. The predicted octanol–water partition coefficient (Wildman–Crippen LogP) is 4.02. The molecule has 0 unspecified atom stereocenters. The molecular formula is C25H32N2O4. The van der Waals surface area contributed by atoms with Gasteiger partial charge >= 0.3 is 5.97 Å². The Morgan fingerprint density at radius 3 is 1.61 bits per heavy atom. The van der Waals surface area contributed by atoms with Crippen molar-refractivity contribution in [1.82, 2.24) is 0 Å². The van der Waals surface area contributed by atoms with Crippen LogP contribution >= 0.6 is 0 Å². The molecule has 6 nitrogen and oxygen atoms in total. The fourth-order valence-corrected chi connectivity index (χ4v) is 5.32. The zero-order valence-corrected chi connectivity index (χ0v) is 18.1. The highest BCUT2D eigenvalue weighted by Crippen LogP contribution is 2.38. The highest BCUT2D eigenvalue weighted by molar-refractivity contribution is 5.73. The minimum Gasteiger partial charge on any atom is -0.508 e. The molecular weight excluding hydrogens is 392 g/mol. The minimum absolute atomic E-state index is 0.0670. The monoisotopic (exact) mass is 424 g/mol. The summed E-state index contributed by atoms with van der Waals surface area (Å²) in [6, 6.07) is 14.8. The maximum absolute atomic E-state index is 12.8. The molecule has 2 aliphatic rings. The number of carbonyl (C=O) groups is 1. The van der Waals surface area contributed by atoms with Gasteiger partial charge in [-0.3, -0.25) is 4.79 Å². The van der Waals surface area contributed by atoms with E-state index in [2.05, 4.69) is 9.80 Å². The van der Waals surface area contributed by atoms with Gasteiger partial charge in [-0.1, -0.05) is 12.1 Å². The Hall–Kier alpha value is -2.89. The lowest BCUT2D eigenvalue weighted by Crippen LogP contribution is -2.44. The van der Waals surface area contributed by atoms with Crippen molar-refractivity contribution in [2.75, 3.05) is 43.1 Å². The Labute approximate surface area is 184 Å². The summed E-state index contributed by atoms with van der Waals surface area (Å²) in [5.41, 5.74) is 2.07. The molecule has 0 saturated carbocycles. The van der Waals surface area contributed by atoms with E-state index in [1.807, 2.05) is 24.3 Å². The van der Waals surface area contributed by atoms with E-state index in [0.29, 0.717) is 11.8 Å². The minimum atomic E-state index is -0.0772. The number of phenols is 2. The summed E-state index contributed by atoms with van der Waals surface area (Å²) in [7, 11) is 1.50. The molecule has 2 saturated heterocycles. The summed E-state index contributed by atoms with van der Waals surface area (Å²) >= 11 is 0. The first-order valence-electron chi connectivity index (χ1n) is 11.2. The van der Waals surface area contributed by atoms with Crippen LogP contribution in [0.25, 0.3) is 0 Å². The van der Waals surface area contributed by atoms with E-state index in [0.717, 1.165) is 63.2 Å².